The number of benzene rings is 2. The van der Waals surface area contributed by atoms with E-state index < -0.39 is 5.56 Å². The Kier molecular flexibility index (Phi) is 4.59. The van der Waals surface area contributed by atoms with Crippen molar-refractivity contribution in [3.8, 4) is 17.2 Å². The second kappa shape index (κ2) is 6.98. The summed E-state index contributed by atoms with van der Waals surface area (Å²) >= 11 is 6.08. The first-order valence-electron chi connectivity index (χ1n) is 6.90. The Hall–Kier alpha value is -2.79. The van der Waals surface area contributed by atoms with Gasteiger partial charge >= 0.3 is 0 Å². The maximum Gasteiger partial charge on any atom is 0.292 e. The van der Waals surface area contributed by atoms with E-state index in [0.29, 0.717) is 11.5 Å². The maximum atomic E-state index is 12.2. The van der Waals surface area contributed by atoms with E-state index in [2.05, 4.69) is 5.10 Å². The zero-order valence-electron chi connectivity index (χ0n) is 12.1. The summed E-state index contributed by atoms with van der Waals surface area (Å²) in [6.45, 7) is -0.0335. The van der Waals surface area contributed by atoms with Gasteiger partial charge in [-0.1, -0.05) is 48.0 Å². The van der Waals surface area contributed by atoms with Crippen molar-refractivity contribution in [3.63, 3.8) is 0 Å². The maximum absolute atomic E-state index is 12.2. The molecule has 0 N–H and O–H groups in total. The smallest absolute Gasteiger partial charge is 0.292 e. The third-order valence-corrected chi connectivity index (χ3v) is 3.37. The highest BCUT2D eigenvalue weighted by atomic mass is 35.5. The van der Waals surface area contributed by atoms with Crippen LogP contribution in [0.2, 0.25) is 5.02 Å². The van der Waals surface area contributed by atoms with E-state index in [1.165, 1.54) is 6.20 Å². The molecular weight excluding hydrogens is 316 g/mol. The Balaban J connectivity index is 1.76. The van der Waals surface area contributed by atoms with Crippen LogP contribution >= 0.6 is 11.6 Å². The summed E-state index contributed by atoms with van der Waals surface area (Å²) < 4.78 is 12.2. The van der Waals surface area contributed by atoms with Gasteiger partial charge in [-0.05, 0) is 24.3 Å². The van der Waals surface area contributed by atoms with Crippen LogP contribution in [0.15, 0.2) is 71.7 Å². The number of aromatic nitrogens is 2. The lowest BCUT2D eigenvalue weighted by molar-refractivity contribution is 0.213. The normalized spacial score (nSPS) is 10.3. The first-order chi connectivity index (χ1) is 11.2. The van der Waals surface area contributed by atoms with Crippen LogP contribution in [-0.2, 0) is 6.73 Å². The molecule has 1 aromatic heterocycles. The van der Waals surface area contributed by atoms with Crippen LogP contribution in [0.1, 0.15) is 0 Å². The predicted molar refractivity (Wildman–Crippen MR) is 87.1 cm³/mol. The third-order valence-electron chi connectivity index (χ3n) is 3.02. The van der Waals surface area contributed by atoms with Crippen LogP contribution < -0.4 is 15.0 Å². The van der Waals surface area contributed by atoms with Gasteiger partial charge in [0.2, 0.25) is 0 Å². The van der Waals surface area contributed by atoms with Crippen molar-refractivity contribution in [2.24, 2.45) is 0 Å². The fourth-order valence-corrected chi connectivity index (χ4v) is 2.07. The van der Waals surface area contributed by atoms with Gasteiger partial charge < -0.3 is 9.47 Å². The van der Waals surface area contributed by atoms with Crippen LogP contribution in [-0.4, -0.2) is 9.78 Å². The van der Waals surface area contributed by atoms with Crippen LogP contribution in [0.25, 0.3) is 0 Å². The van der Waals surface area contributed by atoms with Crippen molar-refractivity contribution in [1.29, 1.82) is 0 Å². The summed E-state index contributed by atoms with van der Waals surface area (Å²) in [6.07, 6.45) is 1.39. The van der Waals surface area contributed by atoms with Crippen molar-refractivity contribution >= 4 is 11.6 Å². The molecule has 0 fully saturated rings. The van der Waals surface area contributed by atoms with E-state index in [9.17, 15) is 4.79 Å². The van der Waals surface area contributed by atoms with Gasteiger partial charge in [0, 0.05) is 0 Å². The lowest BCUT2D eigenvalue weighted by atomic mass is 10.3. The third kappa shape index (κ3) is 3.70. The van der Waals surface area contributed by atoms with Gasteiger partial charge in [0.1, 0.15) is 11.5 Å². The highest BCUT2D eigenvalue weighted by Gasteiger charge is 2.11. The molecule has 116 valence electrons. The fourth-order valence-electron chi connectivity index (χ4n) is 1.88. The molecule has 2 aromatic carbocycles. The molecule has 6 heteroatoms. The van der Waals surface area contributed by atoms with Crippen molar-refractivity contribution < 1.29 is 9.47 Å². The summed E-state index contributed by atoms with van der Waals surface area (Å²) in [6, 6.07) is 18.2. The monoisotopic (exact) mass is 328 g/mol. The molecule has 3 aromatic rings. The molecule has 0 unspecified atom stereocenters. The molecule has 0 radical (unpaired) electrons. The molecule has 0 aliphatic heterocycles. The summed E-state index contributed by atoms with van der Waals surface area (Å²) in [5.41, 5.74) is -0.476. The minimum Gasteiger partial charge on any atom is -0.471 e. The molecular formula is C17H13ClN2O3. The zero-order chi connectivity index (χ0) is 16.1. The highest BCUT2D eigenvalue weighted by molar-refractivity contribution is 6.31. The number of ether oxygens (including phenoxy) is 2. The van der Waals surface area contributed by atoms with Gasteiger partial charge in [-0.25, -0.2) is 0 Å². The molecule has 0 bridgehead atoms. The van der Waals surface area contributed by atoms with Gasteiger partial charge in [0.05, 0.1) is 6.20 Å². The number of rotatable bonds is 5. The summed E-state index contributed by atoms with van der Waals surface area (Å²) in [5, 5.41) is 3.98. The Morgan fingerprint density at radius 2 is 1.57 bits per heavy atom. The molecule has 1 heterocycles. The van der Waals surface area contributed by atoms with Crippen LogP contribution in [0.4, 0.5) is 0 Å². The van der Waals surface area contributed by atoms with E-state index in [1.54, 1.807) is 24.3 Å². The van der Waals surface area contributed by atoms with E-state index >= 15 is 0 Å². The molecule has 5 nitrogen and oxygen atoms in total. The second-order valence-corrected chi connectivity index (χ2v) is 5.01. The minimum atomic E-state index is -0.476. The molecule has 0 saturated heterocycles. The van der Waals surface area contributed by atoms with Gasteiger partial charge in [-0.3, -0.25) is 4.79 Å². The SMILES string of the molecule is O=c1c(Cl)c(Oc2ccccc2)cnn1COc1ccccc1. The summed E-state index contributed by atoms with van der Waals surface area (Å²) in [5.74, 6) is 1.43. The number of halogens is 1. The quantitative estimate of drug-likeness (QED) is 0.716. The van der Waals surface area contributed by atoms with Crippen molar-refractivity contribution in [2.75, 3.05) is 0 Å². The molecule has 0 spiro atoms. The fraction of sp³-hybridized carbons (Fsp3) is 0.0588. The largest absolute Gasteiger partial charge is 0.471 e. The lowest BCUT2D eigenvalue weighted by Crippen LogP contribution is -2.25. The standard InChI is InChI=1S/C17H13ClN2O3/c18-16-15(23-14-9-5-2-6-10-14)11-19-20(17(16)21)12-22-13-7-3-1-4-8-13/h1-11H,12H2. The molecule has 0 saturated carbocycles. The van der Waals surface area contributed by atoms with Crippen LogP contribution in [0, 0.1) is 0 Å². The van der Waals surface area contributed by atoms with Crippen molar-refractivity contribution in [1.82, 2.24) is 9.78 Å². The highest BCUT2D eigenvalue weighted by Crippen LogP contribution is 2.25. The molecule has 23 heavy (non-hydrogen) atoms. The summed E-state index contributed by atoms with van der Waals surface area (Å²) in [4.78, 5) is 12.2. The topological polar surface area (TPSA) is 53.3 Å². The summed E-state index contributed by atoms with van der Waals surface area (Å²) in [7, 11) is 0. The lowest BCUT2D eigenvalue weighted by Gasteiger charge is -2.10. The average molecular weight is 329 g/mol. The Bertz CT molecular complexity index is 835. The number of para-hydroxylation sites is 2. The number of nitrogens with zero attached hydrogens (tertiary/aromatic N) is 2. The minimum absolute atomic E-state index is 0.0335. The van der Waals surface area contributed by atoms with E-state index in [0.717, 1.165) is 4.68 Å². The van der Waals surface area contributed by atoms with E-state index in [-0.39, 0.29) is 17.5 Å². The Morgan fingerprint density at radius 3 is 2.22 bits per heavy atom. The number of hydrogen-bond acceptors (Lipinski definition) is 4. The van der Waals surface area contributed by atoms with Gasteiger partial charge in [0.15, 0.2) is 17.5 Å². The van der Waals surface area contributed by atoms with Gasteiger partial charge in [-0.2, -0.15) is 9.78 Å². The number of hydrogen-bond donors (Lipinski definition) is 0. The van der Waals surface area contributed by atoms with Crippen molar-refractivity contribution in [3.05, 3.63) is 82.2 Å². The molecule has 0 atom stereocenters. The Morgan fingerprint density at radius 1 is 0.957 bits per heavy atom. The van der Waals surface area contributed by atoms with Gasteiger partial charge in [-0.15, -0.1) is 0 Å². The second-order valence-electron chi connectivity index (χ2n) is 4.63. The average Bonchev–Trinajstić information content (AvgIpc) is 2.60. The Labute approximate surface area is 137 Å². The van der Waals surface area contributed by atoms with E-state index in [1.807, 2.05) is 36.4 Å². The molecule has 0 aliphatic rings. The van der Waals surface area contributed by atoms with Crippen LogP contribution in [0.3, 0.4) is 0 Å². The van der Waals surface area contributed by atoms with E-state index in [4.69, 9.17) is 21.1 Å². The molecule has 3 rings (SSSR count). The predicted octanol–water partition coefficient (Wildman–Crippen LogP) is 3.73. The van der Waals surface area contributed by atoms with Gasteiger partial charge in [0.25, 0.3) is 5.56 Å². The van der Waals surface area contributed by atoms with Crippen LogP contribution in [0.5, 0.6) is 17.2 Å². The molecule has 0 aliphatic carbocycles. The van der Waals surface area contributed by atoms with Crippen molar-refractivity contribution in [2.45, 2.75) is 6.73 Å². The first kappa shape index (κ1) is 15.1. The molecule has 0 amide bonds. The zero-order valence-corrected chi connectivity index (χ0v) is 12.8. The first-order valence-corrected chi connectivity index (χ1v) is 7.28.